The molecule has 0 bridgehead atoms. The van der Waals surface area contributed by atoms with E-state index in [1.165, 1.54) is 6.33 Å². The Kier molecular flexibility index (Phi) is 6.12. The predicted octanol–water partition coefficient (Wildman–Crippen LogP) is 1.51. The fraction of sp³-hybridized carbons (Fsp3) is 0.474. The van der Waals surface area contributed by atoms with Crippen molar-refractivity contribution in [2.45, 2.75) is 26.3 Å². The van der Waals surface area contributed by atoms with E-state index in [1.807, 2.05) is 18.3 Å². The summed E-state index contributed by atoms with van der Waals surface area (Å²) in [6.45, 7) is 6.44. The van der Waals surface area contributed by atoms with Crippen molar-refractivity contribution in [2.24, 2.45) is 0 Å². The molecule has 0 spiro atoms. The number of likely N-dealkylation sites (N-methyl/N-ethyl adjacent to an activating group) is 1. The summed E-state index contributed by atoms with van der Waals surface area (Å²) in [5.41, 5.74) is 2.38. The number of carbonyl (C=O) groups is 1. The summed E-state index contributed by atoms with van der Waals surface area (Å²) < 4.78 is 0. The average Bonchev–Trinajstić information content (AvgIpc) is 2.68. The number of aromatic nitrogens is 3. The van der Waals surface area contributed by atoms with Gasteiger partial charge in [0, 0.05) is 50.7 Å². The lowest BCUT2D eigenvalue weighted by molar-refractivity contribution is 0.0949. The molecule has 3 heterocycles. The van der Waals surface area contributed by atoms with Gasteiger partial charge in [0.05, 0.1) is 11.3 Å². The third-order valence-corrected chi connectivity index (χ3v) is 4.64. The maximum atomic E-state index is 12.6. The fourth-order valence-corrected chi connectivity index (χ4v) is 3.12. The van der Waals surface area contributed by atoms with E-state index in [1.54, 1.807) is 6.20 Å². The second kappa shape index (κ2) is 8.71. The van der Waals surface area contributed by atoms with Gasteiger partial charge >= 0.3 is 0 Å². The van der Waals surface area contributed by atoms with Crippen molar-refractivity contribution in [3.63, 3.8) is 0 Å². The lowest BCUT2D eigenvalue weighted by Gasteiger charge is -2.34. The Balaban J connectivity index is 1.69. The molecule has 2 aromatic heterocycles. The molecular weight excluding hydrogens is 328 g/mol. The minimum atomic E-state index is -0.137. The van der Waals surface area contributed by atoms with Crippen LogP contribution in [0.4, 0.5) is 5.82 Å². The highest BCUT2D eigenvalue weighted by Gasteiger charge is 2.19. The molecule has 1 amide bonds. The molecule has 1 fully saturated rings. The van der Waals surface area contributed by atoms with Gasteiger partial charge in [-0.05, 0) is 19.5 Å². The van der Waals surface area contributed by atoms with Gasteiger partial charge in [0.1, 0.15) is 12.1 Å². The van der Waals surface area contributed by atoms with E-state index in [0.717, 1.165) is 56.1 Å². The van der Waals surface area contributed by atoms with Crippen molar-refractivity contribution < 1.29 is 4.79 Å². The van der Waals surface area contributed by atoms with E-state index in [0.29, 0.717) is 12.1 Å². The zero-order chi connectivity index (χ0) is 18.4. The molecule has 0 saturated carbocycles. The van der Waals surface area contributed by atoms with Crippen LogP contribution in [0.2, 0.25) is 0 Å². The first kappa shape index (κ1) is 18.3. The molecule has 1 saturated heterocycles. The maximum Gasteiger partial charge on any atom is 0.254 e. The second-order valence-electron chi connectivity index (χ2n) is 6.59. The molecule has 0 aliphatic carbocycles. The molecule has 0 aromatic carbocycles. The van der Waals surface area contributed by atoms with Gasteiger partial charge < -0.3 is 15.1 Å². The van der Waals surface area contributed by atoms with Crippen molar-refractivity contribution in [3.05, 3.63) is 47.7 Å². The summed E-state index contributed by atoms with van der Waals surface area (Å²) in [4.78, 5) is 30.0. The van der Waals surface area contributed by atoms with Gasteiger partial charge in [-0.15, -0.1) is 0 Å². The molecule has 7 nitrogen and oxygen atoms in total. The Morgan fingerprint density at radius 3 is 2.81 bits per heavy atom. The highest BCUT2D eigenvalue weighted by atomic mass is 16.1. The lowest BCUT2D eigenvalue weighted by atomic mass is 10.1. The van der Waals surface area contributed by atoms with Crippen LogP contribution in [0, 0.1) is 0 Å². The van der Waals surface area contributed by atoms with Gasteiger partial charge in [-0.1, -0.05) is 19.4 Å². The average molecular weight is 354 g/mol. The zero-order valence-corrected chi connectivity index (χ0v) is 15.5. The molecule has 1 N–H and O–H groups in total. The number of nitrogens with one attached hydrogen (secondary N) is 1. The minimum absolute atomic E-state index is 0.137. The molecule has 7 heteroatoms. The number of hydrogen-bond donors (Lipinski definition) is 1. The number of anilines is 1. The van der Waals surface area contributed by atoms with Crippen LogP contribution in [0.1, 0.15) is 35.0 Å². The second-order valence-corrected chi connectivity index (χ2v) is 6.59. The van der Waals surface area contributed by atoms with Gasteiger partial charge in [-0.2, -0.15) is 0 Å². The van der Waals surface area contributed by atoms with Crippen molar-refractivity contribution in [1.29, 1.82) is 0 Å². The van der Waals surface area contributed by atoms with Gasteiger partial charge in [0.2, 0.25) is 0 Å². The zero-order valence-electron chi connectivity index (χ0n) is 15.5. The van der Waals surface area contributed by atoms with Crippen LogP contribution in [0.25, 0.3) is 0 Å². The molecule has 1 aliphatic heterocycles. The minimum Gasteiger partial charge on any atom is -0.354 e. The van der Waals surface area contributed by atoms with Gasteiger partial charge in [0.25, 0.3) is 5.91 Å². The van der Waals surface area contributed by atoms with E-state index in [-0.39, 0.29) is 5.91 Å². The Bertz CT molecular complexity index is 742. The molecule has 3 rings (SSSR count). The molecule has 0 radical (unpaired) electrons. The van der Waals surface area contributed by atoms with Crippen LogP contribution >= 0.6 is 0 Å². The Hall–Kier alpha value is -2.54. The van der Waals surface area contributed by atoms with Gasteiger partial charge in [0.15, 0.2) is 0 Å². The van der Waals surface area contributed by atoms with E-state index >= 15 is 0 Å². The van der Waals surface area contributed by atoms with E-state index < -0.39 is 0 Å². The van der Waals surface area contributed by atoms with Crippen molar-refractivity contribution in [1.82, 2.24) is 25.2 Å². The number of amides is 1. The number of hydrogen-bond acceptors (Lipinski definition) is 6. The lowest BCUT2D eigenvalue weighted by Crippen LogP contribution is -2.45. The smallest absolute Gasteiger partial charge is 0.254 e. The monoisotopic (exact) mass is 354 g/mol. The summed E-state index contributed by atoms with van der Waals surface area (Å²) in [5, 5.41) is 3.01. The Morgan fingerprint density at radius 1 is 1.23 bits per heavy atom. The SMILES string of the molecule is CCCc1ncncc1C(=O)NCc1cccnc1N1CCN(C)CC1. The Labute approximate surface area is 154 Å². The number of pyridine rings is 1. The van der Waals surface area contributed by atoms with Crippen molar-refractivity contribution in [3.8, 4) is 0 Å². The summed E-state index contributed by atoms with van der Waals surface area (Å²) in [6.07, 6.45) is 6.61. The van der Waals surface area contributed by atoms with Crippen molar-refractivity contribution in [2.75, 3.05) is 38.1 Å². The predicted molar refractivity (Wildman–Crippen MR) is 101 cm³/mol. The highest BCUT2D eigenvalue weighted by Crippen LogP contribution is 2.19. The summed E-state index contributed by atoms with van der Waals surface area (Å²) in [6, 6.07) is 3.94. The summed E-state index contributed by atoms with van der Waals surface area (Å²) >= 11 is 0. The van der Waals surface area contributed by atoms with E-state index in [4.69, 9.17) is 0 Å². The van der Waals surface area contributed by atoms with Crippen LogP contribution in [-0.4, -0.2) is 59.0 Å². The molecule has 138 valence electrons. The van der Waals surface area contributed by atoms with Gasteiger partial charge in [-0.25, -0.2) is 15.0 Å². The van der Waals surface area contributed by atoms with Crippen LogP contribution in [0.5, 0.6) is 0 Å². The van der Waals surface area contributed by atoms with Crippen molar-refractivity contribution >= 4 is 11.7 Å². The van der Waals surface area contributed by atoms with Crippen LogP contribution in [0.3, 0.4) is 0 Å². The van der Waals surface area contributed by atoms with Crippen LogP contribution < -0.4 is 10.2 Å². The number of carbonyl (C=O) groups excluding carboxylic acids is 1. The topological polar surface area (TPSA) is 74.2 Å². The van der Waals surface area contributed by atoms with Crippen LogP contribution in [-0.2, 0) is 13.0 Å². The quantitative estimate of drug-likeness (QED) is 0.848. The van der Waals surface area contributed by atoms with E-state index in [2.05, 4.69) is 44.0 Å². The third-order valence-electron chi connectivity index (χ3n) is 4.64. The maximum absolute atomic E-state index is 12.6. The molecule has 26 heavy (non-hydrogen) atoms. The summed E-state index contributed by atoms with van der Waals surface area (Å²) in [5.74, 6) is 0.821. The molecule has 1 aliphatic rings. The number of aryl methyl sites for hydroxylation is 1. The number of nitrogens with zero attached hydrogens (tertiary/aromatic N) is 5. The molecular formula is C19H26N6O. The Morgan fingerprint density at radius 2 is 2.04 bits per heavy atom. The number of piperazine rings is 1. The van der Waals surface area contributed by atoms with Crippen LogP contribution in [0.15, 0.2) is 30.9 Å². The molecule has 0 atom stereocenters. The largest absolute Gasteiger partial charge is 0.354 e. The summed E-state index contributed by atoms with van der Waals surface area (Å²) in [7, 11) is 2.13. The number of rotatable bonds is 6. The first-order valence-electron chi connectivity index (χ1n) is 9.13. The first-order valence-corrected chi connectivity index (χ1v) is 9.13. The molecule has 0 unspecified atom stereocenters. The highest BCUT2D eigenvalue weighted by molar-refractivity contribution is 5.94. The molecule has 2 aromatic rings. The normalized spacial score (nSPS) is 15.1. The third kappa shape index (κ3) is 4.35. The van der Waals surface area contributed by atoms with Gasteiger partial charge in [-0.3, -0.25) is 4.79 Å². The first-order chi connectivity index (χ1) is 12.7. The fourth-order valence-electron chi connectivity index (χ4n) is 3.12. The van der Waals surface area contributed by atoms with E-state index in [9.17, 15) is 4.79 Å². The standard InChI is InChI=1S/C19H26N6O/c1-3-5-17-16(13-20-14-23-17)19(26)22-12-15-6-4-7-21-18(15)25-10-8-24(2)9-11-25/h4,6-7,13-14H,3,5,8-12H2,1-2H3,(H,22,26).